The maximum absolute atomic E-state index is 5.68. The Morgan fingerprint density at radius 3 is 2.47 bits per heavy atom. The van der Waals surface area contributed by atoms with E-state index in [-0.39, 0.29) is 0 Å². The van der Waals surface area contributed by atoms with E-state index in [0.717, 1.165) is 39.3 Å². The van der Waals surface area contributed by atoms with Crippen LogP contribution in [0.1, 0.15) is 48.0 Å². The zero-order valence-corrected chi connectivity index (χ0v) is 13.8. The van der Waals surface area contributed by atoms with E-state index in [1.165, 1.54) is 0 Å². The molecule has 1 aliphatic heterocycles. The predicted octanol–water partition coefficient (Wildman–Crippen LogP) is 2.76. The second kappa shape index (κ2) is 7.61. The van der Waals surface area contributed by atoms with Gasteiger partial charge in [-0.3, -0.25) is 4.90 Å². The second-order valence-corrected chi connectivity index (χ2v) is 7.25. The molecular formula is C16H34N2O. The highest BCUT2D eigenvalue weighted by Gasteiger charge is 2.35. The van der Waals surface area contributed by atoms with E-state index in [9.17, 15) is 0 Å². The topological polar surface area (TPSA) is 24.5 Å². The van der Waals surface area contributed by atoms with Crippen molar-refractivity contribution >= 4 is 0 Å². The lowest BCUT2D eigenvalue weighted by atomic mass is 9.83. The summed E-state index contributed by atoms with van der Waals surface area (Å²) in [6.45, 7) is 18.9. The summed E-state index contributed by atoms with van der Waals surface area (Å²) in [7, 11) is 0. The Bertz CT molecular complexity index is 248. The number of hydrogen-bond donors (Lipinski definition) is 1. The predicted molar refractivity (Wildman–Crippen MR) is 82.6 cm³/mol. The van der Waals surface area contributed by atoms with Gasteiger partial charge < -0.3 is 10.1 Å². The van der Waals surface area contributed by atoms with E-state index in [2.05, 4.69) is 51.8 Å². The van der Waals surface area contributed by atoms with Crippen LogP contribution in [0.15, 0.2) is 0 Å². The van der Waals surface area contributed by atoms with Gasteiger partial charge in [0.2, 0.25) is 0 Å². The van der Waals surface area contributed by atoms with Crippen LogP contribution in [-0.2, 0) is 4.74 Å². The van der Waals surface area contributed by atoms with Gasteiger partial charge in [-0.25, -0.2) is 0 Å². The number of hydrogen-bond acceptors (Lipinski definition) is 3. The van der Waals surface area contributed by atoms with Crippen molar-refractivity contribution in [2.75, 3.05) is 32.8 Å². The van der Waals surface area contributed by atoms with Crippen molar-refractivity contribution in [3.05, 3.63) is 0 Å². The van der Waals surface area contributed by atoms with Crippen LogP contribution >= 0.6 is 0 Å². The lowest BCUT2D eigenvalue weighted by Gasteiger charge is -2.47. The largest absolute Gasteiger partial charge is 0.380 e. The number of nitrogens with zero attached hydrogens (tertiary/aromatic N) is 1. The molecule has 2 atom stereocenters. The van der Waals surface area contributed by atoms with Crippen molar-refractivity contribution in [2.45, 2.75) is 60.0 Å². The maximum Gasteiger partial charge on any atom is 0.0593 e. The quantitative estimate of drug-likeness (QED) is 0.751. The fourth-order valence-electron chi connectivity index (χ4n) is 2.81. The van der Waals surface area contributed by atoms with E-state index >= 15 is 0 Å². The van der Waals surface area contributed by atoms with Gasteiger partial charge in [-0.15, -0.1) is 0 Å². The molecule has 0 radical (unpaired) electrons. The van der Waals surface area contributed by atoms with Crippen LogP contribution in [0.25, 0.3) is 0 Å². The standard InChI is InChI=1S/C16H34N2O/c1-7-9-19-10-8-18-12-14(13(2)3)17-11-15(18)16(4,5)6/h13-15,17H,7-12H2,1-6H3. The first-order valence-corrected chi connectivity index (χ1v) is 7.91. The first-order chi connectivity index (χ1) is 8.86. The summed E-state index contributed by atoms with van der Waals surface area (Å²) < 4.78 is 5.68. The van der Waals surface area contributed by atoms with E-state index in [1.807, 2.05) is 0 Å². The van der Waals surface area contributed by atoms with Crippen molar-refractivity contribution in [3.8, 4) is 0 Å². The van der Waals surface area contributed by atoms with E-state index in [1.54, 1.807) is 0 Å². The minimum Gasteiger partial charge on any atom is -0.380 e. The molecule has 1 heterocycles. The van der Waals surface area contributed by atoms with Crippen molar-refractivity contribution in [1.29, 1.82) is 0 Å². The summed E-state index contributed by atoms with van der Waals surface area (Å²) in [4.78, 5) is 2.64. The number of piperazine rings is 1. The van der Waals surface area contributed by atoms with Crippen LogP contribution < -0.4 is 5.32 Å². The Kier molecular flexibility index (Phi) is 6.78. The van der Waals surface area contributed by atoms with Crippen molar-refractivity contribution in [2.24, 2.45) is 11.3 Å². The molecule has 1 fully saturated rings. The number of ether oxygens (including phenoxy) is 1. The van der Waals surface area contributed by atoms with Gasteiger partial charge in [0.1, 0.15) is 0 Å². The van der Waals surface area contributed by atoms with Crippen LogP contribution in [0.5, 0.6) is 0 Å². The molecule has 0 aromatic heterocycles. The molecule has 114 valence electrons. The molecule has 19 heavy (non-hydrogen) atoms. The van der Waals surface area contributed by atoms with Crippen LogP contribution in [0, 0.1) is 11.3 Å². The van der Waals surface area contributed by atoms with E-state index < -0.39 is 0 Å². The second-order valence-electron chi connectivity index (χ2n) is 7.25. The van der Waals surface area contributed by atoms with Gasteiger partial charge in [-0.05, 0) is 17.8 Å². The fourth-order valence-corrected chi connectivity index (χ4v) is 2.81. The Labute approximate surface area is 120 Å². The third-order valence-electron chi connectivity index (χ3n) is 4.12. The average molecular weight is 270 g/mol. The van der Waals surface area contributed by atoms with E-state index in [0.29, 0.717) is 23.4 Å². The Morgan fingerprint density at radius 1 is 1.26 bits per heavy atom. The minimum atomic E-state index is 0.319. The van der Waals surface area contributed by atoms with Crippen LogP contribution in [0.2, 0.25) is 0 Å². The van der Waals surface area contributed by atoms with Gasteiger partial charge in [-0.2, -0.15) is 0 Å². The van der Waals surface area contributed by atoms with Gasteiger partial charge in [0.05, 0.1) is 6.61 Å². The minimum absolute atomic E-state index is 0.319. The third kappa shape index (κ3) is 5.41. The summed E-state index contributed by atoms with van der Waals surface area (Å²) in [5.41, 5.74) is 0.319. The highest BCUT2D eigenvalue weighted by Crippen LogP contribution is 2.27. The first kappa shape index (κ1) is 16.9. The lowest BCUT2D eigenvalue weighted by molar-refractivity contribution is 0.0186. The summed E-state index contributed by atoms with van der Waals surface area (Å²) in [5.74, 6) is 0.694. The molecule has 0 aliphatic carbocycles. The van der Waals surface area contributed by atoms with Gasteiger partial charge in [0.25, 0.3) is 0 Å². The van der Waals surface area contributed by atoms with Gasteiger partial charge in [-0.1, -0.05) is 41.5 Å². The van der Waals surface area contributed by atoms with Gasteiger partial charge >= 0.3 is 0 Å². The Balaban J connectivity index is 2.55. The molecule has 1 saturated heterocycles. The molecule has 0 aromatic carbocycles. The summed E-state index contributed by atoms with van der Waals surface area (Å²) in [6, 6.07) is 1.22. The fraction of sp³-hybridized carbons (Fsp3) is 1.00. The van der Waals surface area contributed by atoms with E-state index in [4.69, 9.17) is 4.74 Å². The molecule has 3 heteroatoms. The normalized spacial score (nSPS) is 26.1. The molecule has 3 nitrogen and oxygen atoms in total. The Hall–Kier alpha value is -0.120. The van der Waals surface area contributed by atoms with Crippen LogP contribution in [0.3, 0.4) is 0 Å². The highest BCUT2D eigenvalue weighted by molar-refractivity contribution is 4.93. The highest BCUT2D eigenvalue weighted by atomic mass is 16.5. The molecular weight excluding hydrogens is 236 g/mol. The molecule has 0 spiro atoms. The zero-order chi connectivity index (χ0) is 14.5. The molecule has 1 aliphatic rings. The first-order valence-electron chi connectivity index (χ1n) is 7.91. The Morgan fingerprint density at radius 2 is 1.95 bits per heavy atom. The van der Waals surface area contributed by atoms with Crippen molar-refractivity contribution in [1.82, 2.24) is 10.2 Å². The molecule has 1 N–H and O–H groups in total. The number of rotatable bonds is 6. The van der Waals surface area contributed by atoms with Crippen molar-refractivity contribution < 1.29 is 4.74 Å². The van der Waals surface area contributed by atoms with Crippen LogP contribution in [0.4, 0.5) is 0 Å². The summed E-state index contributed by atoms with van der Waals surface area (Å²) >= 11 is 0. The maximum atomic E-state index is 5.68. The average Bonchev–Trinajstić information content (AvgIpc) is 2.33. The molecule has 0 saturated carbocycles. The van der Waals surface area contributed by atoms with Crippen molar-refractivity contribution in [3.63, 3.8) is 0 Å². The van der Waals surface area contributed by atoms with Gasteiger partial charge in [0.15, 0.2) is 0 Å². The number of nitrogens with one attached hydrogen (secondary N) is 1. The van der Waals surface area contributed by atoms with Gasteiger partial charge in [0, 0.05) is 38.3 Å². The monoisotopic (exact) mass is 270 g/mol. The molecule has 2 unspecified atom stereocenters. The lowest BCUT2D eigenvalue weighted by Crippen LogP contribution is -2.62. The molecule has 0 aromatic rings. The third-order valence-corrected chi connectivity index (χ3v) is 4.12. The summed E-state index contributed by atoms with van der Waals surface area (Å²) in [5, 5.41) is 3.72. The smallest absolute Gasteiger partial charge is 0.0593 e. The van der Waals surface area contributed by atoms with Crippen LogP contribution in [-0.4, -0.2) is 49.8 Å². The molecule has 1 rings (SSSR count). The summed E-state index contributed by atoms with van der Waals surface area (Å²) in [6.07, 6.45) is 1.11. The molecule has 0 amide bonds. The molecule has 0 bridgehead atoms. The SMILES string of the molecule is CCCOCCN1CC(C(C)C)NCC1C(C)(C)C. The zero-order valence-electron chi connectivity index (χ0n) is 13.8.